The summed E-state index contributed by atoms with van der Waals surface area (Å²) in [5.74, 6) is -1.65. The number of halogens is 1. The van der Waals surface area contributed by atoms with Gasteiger partial charge in [0.2, 0.25) is 10.0 Å². The van der Waals surface area contributed by atoms with E-state index in [0.717, 1.165) is 4.31 Å². The van der Waals surface area contributed by atoms with Crippen molar-refractivity contribution < 1.29 is 23.1 Å². The molecule has 0 aromatic heterocycles. The van der Waals surface area contributed by atoms with Crippen molar-refractivity contribution in [2.24, 2.45) is 0 Å². The quantitative estimate of drug-likeness (QED) is 0.872. The lowest BCUT2D eigenvalue weighted by molar-refractivity contribution is -0.141. The summed E-state index contributed by atoms with van der Waals surface area (Å²) in [6.07, 6.45) is 0.949. The van der Waals surface area contributed by atoms with Gasteiger partial charge < -0.3 is 10.0 Å². The van der Waals surface area contributed by atoms with Gasteiger partial charge in [-0.05, 0) is 31.0 Å². The Hall–Kier alpha value is -1.64. The maximum atomic E-state index is 12.6. The van der Waals surface area contributed by atoms with E-state index in [1.165, 1.54) is 37.2 Å². The van der Waals surface area contributed by atoms with Crippen LogP contribution in [0, 0.1) is 0 Å². The van der Waals surface area contributed by atoms with E-state index in [0.29, 0.717) is 19.4 Å². The van der Waals surface area contributed by atoms with Gasteiger partial charge in [-0.1, -0.05) is 11.6 Å². The molecule has 0 saturated carbocycles. The number of hydrogen-bond acceptors (Lipinski definition) is 4. The average Bonchev–Trinajstić information content (AvgIpc) is 2.96. The molecule has 1 N–H and O–H groups in total. The summed E-state index contributed by atoms with van der Waals surface area (Å²) in [6.45, 7) is 0.302. The molecule has 0 unspecified atom stereocenters. The molecular formula is C14H17ClN2O5S. The molecule has 1 aromatic carbocycles. The van der Waals surface area contributed by atoms with Crippen LogP contribution in [0.1, 0.15) is 23.2 Å². The van der Waals surface area contributed by atoms with Gasteiger partial charge in [-0.2, -0.15) is 0 Å². The Morgan fingerprint density at radius 2 is 2.00 bits per heavy atom. The number of carboxylic acid groups (broad SMARTS) is 1. The maximum Gasteiger partial charge on any atom is 0.326 e. The molecule has 0 radical (unpaired) electrons. The first kappa shape index (κ1) is 17.7. The summed E-state index contributed by atoms with van der Waals surface area (Å²) in [7, 11) is -0.953. The molecule has 1 fully saturated rings. The second-order valence-electron chi connectivity index (χ2n) is 5.42. The van der Waals surface area contributed by atoms with Gasteiger partial charge in [0.05, 0.1) is 15.5 Å². The highest BCUT2D eigenvalue weighted by Crippen LogP contribution is 2.27. The monoisotopic (exact) mass is 360 g/mol. The molecule has 23 heavy (non-hydrogen) atoms. The molecule has 9 heteroatoms. The van der Waals surface area contributed by atoms with Crippen molar-refractivity contribution in [2.75, 3.05) is 20.6 Å². The lowest BCUT2D eigenvalue weighted by Crippen LogP contribution is -2.40. The van der Waals surface area contributed by atoms with Crippen LogP contribution < -0.4 is 0 Å². The zero-order chi connectivity index (χ0) is 17.4. The van der Waals surface area contributed by atoms with Gasteiger partial charge in [0.1, 0.15) is 6.04 Å². The highest BCUT2D eigenvalue weighted by molar-refractivity contribution is 7.89. The average molecular weight is 361 g/mol. The van der Waals surface area contributed by atoms with E-state index in [1.54, 1.807) is 0 Å². The largest absolute Gasteiger partial charge is 0.480 e. The Kier molecular flexibility index (Phi) is 4.98. The standard InChI is InChI=1S/C14H17ClN2O5S/c1-16(2)23(21,22)9-5-6-11(15)10(8-9)13(18)17-7-3-4-12(17)14(19)20/h5-6,8,12H,3-4,7H2,1-2H3,(H,19,20)/t12-/m0/s1. The van der Waals surface area contributed by atoms with Crippen LogP contribution in [0.2, 0.25) is 5.02 Å². The van der Waals surface area contributed by atoms with E-state index < -0.39 is 27.9 Å². The van der Waals surface area contributed by atoms with Crippen molar-refractivity contribution >= 4 is 33.5 Å². The van der Waals surface area contributed by atoms with Crippen molar-refractivity contribution in [2.45, 2.75) is 23.8 Å². The minimum absolute atomic E-state index is 0.0114. The fraction of sp³-hybridized carbons (Fsp3) is 0.429. The van der Waals surface area contributed by atoms with E-state index in [1.807, 2.05) is 0 Å². The third kappa shape index (κ3) is 3.34. The molecule has 1 saturated heterocycles. The Labute approximate surface area is 139 Å². The minimum atomic E-state index is -3.72. The summed E-state index contributed by atoms with van der Waals surface area (Å²) in [4.78, 5) is 25.0. The topological polar surface area (TPSA) is 95.0 Å². The Morgan fingerprint density at radius 3 is 2.57 bits per heavy atom. The molecule has 1 aromatic rings. The summed E-state index contributed by atoms with van der Waals surface area (Å²) >= 11 is 6.02. The van der Waals surface area contributed by atoms with Crippen molar-refractivity contribution in [3.05, 3.63) is 28.8 Å². The van der Waals surface area contributed by atoms with Crippen LogP contribution in [0.3, 0.4) is 0 Å². The predicted octanol–water partition coefficient (Wildman–Crippen LogP) is 1.28. The SMILES string of the molecule is CN(C)S(=O)(=O)c1ccc(Cl)c(C(=O)N2CCC[C@H]2C(=O)O)c1. The van der Waals surface area contributed by atoms with Crippen LogP contribution in [0.4, 0.5) is 0 Å². The molecule has 1 heterocycles. The molecule has 0 aliphatic carbocycles. The van der Waals surface area contributed by atoms with E-state index in [-0.39, 0.29) is 15.5 Å². The predicted molar refractivity (Wildman–Crippen MR) is 84.0 cm³/mol. The molecular weight excluding hydrogens is 344 g/mol. The van der Waals surface area contributed by atoms with Gasteiger partial charge in [-0.15, -0.1) is 0 Å². The molecule has 1 aliphatic heterocycles. The van der Waals surface area contributed by atoms with E-state index in [2.05, 4.69) is 0 Å². The normalized spacial score (nSPS) is 18.4. The van der Waals surface area contributed by atoms with E-state index in [9.17, 15) is 23.1 Å². The Balaban J connectivity index is 2.43. The number of carbonyl (C=O) groups excluding carboxylic acids is 1. The highest BCUT2D eigenvalue weighted by Gasteiger charge is 2.35. The molecule has 126 valence electrons. The second kappa shape index (κ2) is 6.46. The first-order valence-corrected chi connectivity index (χ1v) is 8.74. The number of likely N-dealkylation sites (tertiary alicyclic amines) is 1. The number of benzene rings is 1. The molecule has 1 atom stereocenters. The minimum Gasteiger partial charge on any atom is -0.480 e. The fourth-order valence-corrected chi connectivity index (χ4v) is 3.59. The van der Waals surface area contributed by atoms with E-state index in [4.69, 9.17) is 11.6 Å². The van der Waals surface area contributed by atoms with Crippen LogP contribution in [0.25, 0.3) is 0 Å². The third-order valence-electron chi connectivity index (χ3n) is 3.75. The number of hydrogen-bond donors (Lipinski definition) is 1. The molecule has 0 spiro atoms. The van der Waals surface area contributed by atoms with Gasteiger partial charge in [-0.3, -0.25) is 4.79 Å². The number of nitrogens with zero attached hydrogens (tertiary/aromatic N) is 2. The summed E-state index contributed by atoms with van der Waals surface area (Å²) in [5, 5.41) is 9.26. The number of carboxylic acids is 1. The van der Waals surface area contributed by atoms with Crippen molar-refractivity contribution in [3.63, 3.8) is 0 Å². The number of rotatable bonds is 4. The molecule has 7 nitrogen and oxygen atoms in total. The fourth-order valence-electron chi connectivity index (χ4n) is 2.46. The lowest BCUT2D eigenvalue weighted by atomic mass is 10.1. The smallest absolute Gasteiger partial charge is 0.326 e. The van der Waals surface area contributed by atoms with E-state index >= 15 is 0 Å². The first-order chi connectivity index (χ1) is 10.7. The van der Waals surface area contributed by atoms with Crippen LogP contribution in [-0.4, -0.2) is 61.3 Å². The Bertz CT molecular complexity index is 748. The summed E-state index contributed by atoms with van der Waals surface area (Å²) in [5.41, 5.74) is -0.0114. The number of carbonyl (C=O) groups is 2. The number of amides is 1. The zero-order valence-corrected chi connectivity index (χ0v) is 14.3. The third-order valence-corrected chi connectivity index (χ3v) is 5.89. The van der Waals surface area contributed by atoms with Crippen LogP contribution >= 0.6 is 11.6 Å². The highest BCUT2D eigenvalue weighted by atomic mass is 35.5. The summed E-state index contributed by atoms with van der Waals surface area (Å²) < 4.78 is 25.4. The van der Waals surface area contributed by atoms with Crippen LogP contribution in [0.15, 0.2) is 23.1 Å². The zero-order valence-electron chi connectivity index (χ0n) is 12.7. The van der Waals surface area contributed by atoms with Crippen molar-refractivity contribution in [1.82, 2.24) is 9.21 Å². The van der Waals surface area contributed by atoms with Gasteiger partial charge in [0, 0.05) is 20.6 Å². The number of sulfonamides is 1. The number of aliphatic carboxylic acids is 1. The van der Waals surface area contributed by atoms with Crippen LogP contribution in [0.5, 0.6) is 0 Å². The molecule has 2 rings (SSSR count). The lowest BCUT2D eigenvalue weighted by Gasteiger charge is -2.22. The first-order valence-electron chi connectivity index (χ1n) is 6.92. The van der Waals surface area contributed by atoms with Crippen molar-refractivity contribution in [3.8, 4) is 0 Å². The Morgan fingerprint density at radius 1 is 1.35 bits per heavy atom. The van der Waals surface area contributed by atoms with Crippen molar-refractivity contribution in [1.29, 1.82) is 0 Å². The van der Waals surface area contributed by atoms with Crippen LogP contribution in [-0.2, 0) is 14.8 Å². The second-order valence-corrected chi connectivity index (χ2v) is 7.98. The molecule has 1 amide bonds. The molecule has 1 aliphatic rings. The van der Waals surface area contributed by atoms with Gasteiger partial charge in [-0.25, -0.2) is 17.5 Å². The maximum absolute atomic E-state index is 12.6. The van der Waals surface area contributed by atoms with Gasteiger partial charge >= 0.3 is 5.97 Å². The van der Waals surface area contributed by atoms with Gasteiger partial charge in [0.25, 0.3) is 5.91 Å². The van der Waals surface area contributed by atoms with Gasteiger partial charge in [0.15, 0.2) is 0 Å². The summed E-state index contributed by atoms with van der Waals surface area (Å²) in [6, 6.07) is 2.93. The molecule has 0 bridgehead atoms.